The van der Waals surface area contributed by atoms with Crippen molar-refractivity contribution in [2.75, 3.05) is 0 Å². The largest absolute Gasteiger partial charge is 0.252 e. The van der Waals surface area contributed by atoms with E-state index in [1.54, 1.807) is 0 Å². The Hall–Kier alpha value is -7.09. The van der Waals surface area contributed by atoms with Crippen LogP contribution in [-0.2, 0) is 5.41 Å². The summed E-state index contributed by atoms with van der Waals surface area (Å²) in [6, 6.07) is 72.4. The van der Waals surface area contributed by atoms with Gasteiger partial charge in [0.15, 0.2) is 0 Å². The van der Waals surface area contributed by atoms with Crippen LogP contribution in [-0.4, -0.2) is 5.71 Å². The molecule has 0 radical (unpaired) electrons. The number of benzene rings is 8. The van der Waals surface area contributed by atoms with Gasteiger partial charge in [-0.1, -0.05) is 195 Å². The van der Waals surface area contributed by atoms with Gasteiger partial charge in [-0.15, -0.1) is 0 Å². The van der Waals surface area contributed by atoms with Gasteiger partial charge in [0, 0.05) is 11.3 Å². The third kappa shape index (κ3) is 5.43. The second kappa shape index (κ2) is 13.6. The predicted octanol–water partition coefficient (Wildman–Crippen LogP) is 13.9. The maximum absolute atomic E-state index is 5.15. The summed E-state index contributed by atoms with van der Waals surface area (Å²) in [5.74, 6) is 0. The van der Waals surface area contributed by atoms with Crippen molar-refractivity contribution in [1.82, 2.24) is 0 Å². The SMILES string of the molecule is C=C(/C=C(\N=C(C)c1ccccc1)c1ccc(-c2cccc(-c3ccc4c(c3)-c3ccccc3C43c4ccccc4-c4ccccc43)c2)cc1)c1ccccc1. The fourth-order valence-electron chi connectivity index (χ4n) is 9.00. The fourth-order valence-corrected chi connectivity index (χ4v) is 9.00. The van der Waals surface area contributed by atoms with Crippen molar-refractivity contribution < 1.29 is 0 Å². The Morgan fingerprint density at radius 3 is 1.48 bits per heavy atom. The zero-order valence-corrected chi connectivity index (χ0v) is 31.3. The second-order valence-corrected chi connectivity index (χ2v) is 14.8. The Balaban J connectivity index is 1.02. The number of allylic oxidation sites excluding steroid dienone is 2. The summed E-state index contributed by atoms with van der Waals surface area (Å²) in [5.41, 5.74) is 21.1. The van der Waals surface area contributed by atoms with E-state index in [1.807, 2.05) is 24.3 Å². The average molecular weight is 714 g/mol. The maximum Gasteiger partial charge on any atom is 0.0725 e. The molecular formula is C55H39N. The molecule has 1 nitrogen and oxygen atoms in total. The number of hydrogen-bond donors (Lipinski definition) is 0. The second-order valence-electron chi connectivity index (χ2n) is 14.8. The Morgan fingerprint density at radius 2 is 0.875 bits per heavy atom. The van der Waals surface area contributed by atoms with Crippen LogP contribution in [0.5, 0.6) is 0 Å². The number of aliphatic imine (C=N–C) groups is 1. The Morgan fingerprint density at radius 1 is 0.411 bits per heavy atom. The van der Waals surface area contributed by atoms with Crippen LogP contribution < -0.4 is 0 Å². The Kier molecular flexibility index (Phi) is 8.16. The van der Waals surface area contributed by atoms with E-state index < -0.39 is 0 Å². The molecule has 0 bridgehead atoms. The van der Waals surface area contributed by atoms with Crippen LogP contribution >= 0.6 is 0 Å². The number of fused-ring (bicyclic) bond motifs is 10. The lowest BCUT2D eigenvalue weighted by Crippen LogP contribution is -2.25. The first-order valence-electron chi connectivity index (χ1n) is 19.3. The molecule has 0 amide bonds. The molecule has 0 saturated carbocycles. The highest BCUT2D eigenvalue weighted by molar-refractivity contribution is 6.02. The monoisotopic (exact) mass is 713 g/mol. The van der Waals surface area contributed by atoms with E-state index in [1.165, 1.54) is 61.2 Å². The van der Waals surface area contributed by atoms with Gasteiger partial charge in [0.1, 0.15) is 0 Å². The Labute approximate surface area is 329 Å². The molecule has 2 aliphatic rings. The van der Waals surface area contributed by atoms with Crippen LogP contribution in [0.4, 0.5) is 0 Å². The van der Waals surface area contributed by atoms with Crippen LogP contribution in [0.1, 0.15) is 45.9 Å². The van der Waals surface area contributed by atoms with Crippen LogP contribution in [0.25, 0.3) is 55.8 Å². The summed E-state index contributed by atoms with van der Waals surface area (Å²) in [6.45, 7) is 6.47. The fraction of sp³-hybridized carbons (Fsp3) is 0.0364. The van der Waals surface area contributed by atoms with Crippen molar-refractivity contribution >= 4 is 17.0 Å². The van der Waals surface area contributed by atoms with Gasteiger partial charge in [-0.25, -0.2) is 0 Å². The first-order chi connectivity index (χ1) is 27.6. The molecule has 0 aromatic heterocycles. The molecule has 0 unspecified atom stereocenters. The summed E-state index contributed by atoms with van der Waals surface area (Å²) in [4.78, 5) is 5.15. The quantitative estimate of drug-likeness (QED) is 0.115. The minimum absolute atomic E-state index is 0.328. The summed E-state index contributed by atoms with van der Waals surface area (Å²) >= 11 is 0. The van der Waals surface area contributed by atoms with Crippen molar-refractivity contribution in [3.8, 4) is 44.5 Å². The van der Waals surface area contributed by atoms with Gasteiger partial charge >= 0.3 is 0 Å². The van der Waals surface area contributed by atoms with E-state index >= 15 is 0 Å². The number of nitrogens with zero attached hydrogens (tertiary/aromatic N) is 1. The van der Waals surface area contributed by atoms with Crippen LogP contribution in [0.3, 0.4) is 0 Å². The van der Waals surface area contributed by atoms with Crippen molar-refractivity contribution in [2.45, 2.75) is 12.3 Å². The first kappa shape index (κ1) is 33.5. The van der Waals surface area contributed by atoms with Gasteiger partial charge in [0.25, 0.3) is 0 Å². The van der Waals surface area contributed by atoms with Crippen molar-refractivity contribution in [3.05, 3.63) is 252 Å². The number of rotatable bonds is 7. The van der Waals surface area contributed by atoms with Crippen molar-refractivity contribution in [2.24, 2.45) is 4.99 Å². The summed E-state index contributed by atoms with van der Waals surface area (Å²) in [6.07, 6.45) is 2.09. The highest BCUT2D eigenvalue weighted by Gasteiger charge is 2.51. The molecule has 264 valence electrons. The van der Waals surface area contributed by atoms with Gasteiger partial charge in [-0.3, -0.25) is 4.99 Å². The molecule has 0 N–H and O–H groups in total. The molecule has 2 aliphatic carbocycles. The lowest BCUT2D eigenvalue weighted by atomic mass is 9.70. The van der Waals surface area contributed by atoms with E-state index in [0.29, 0.717) is 0 Å². The molecule has 56 heavy (non-hydrogen) atoms. The molecular weight excluding hydrogens is 675 g/mol. The van der Waals surface area contributed by atoms with Gasteiger partial charge in [-0.2, -0.15) is 0 Å². The standard InChI is InChI=1S/C55H39N/c1-37(39-16-5-3-6-17-39)34-54(56-38(2)40-18-7-4-8-19-40)42-30-28-41(29-31-42)43-20-15-21-44(35-43)45-32-33-53-49(36-45)48-24-11-14-27-52(48)55(53)50-25-12-9-22-46(50)47-23-10-13-26-51(47)55/h3-36H,1H2,2H3/b54-34-,56-38?. The van der Waals surface area contributed by atoms with Crippen LogP contribution in [0.15, 0.2) is 218 Å². The number of hydrogen-bond acceptors (Lipinski definition) is 1. The average Bonchev–Trinajstić information content (AvgIpc) is 3.74. The van der Waals surface area contributed by atoms with Crippen LogP contribution in [0, 0.1) is 0 Å². The van der Waals surface area contributed by atoms with Gasteiger partial charge in [0.2, 0.25) is 0 Å². The molecule has 0 saturated heterocycles. The topological polar surface area (TPSA) is 12.4 Å². The molecule has 0 heterocycles. The van der Waals surface area contributed by atoms with Gasteiger partial charge < -0.3 is 0 Å². The molecule has 10 rings (SSSR count). The highest BCUT2D eigenvalue weighted by atomic mass is 14.8. The van der Waals surface area contributed by atoms with Gasteiger partial charge in [-0.05, 0) is 109 Å². The lowest BCUT2D eigenvalue weighted by molar-refractivity contribution is 0.794. The molecule has 1 spiro atoms. The zero-order valence-electron chi connectivity index (χ0n) is 31.3. The van der Waals surface area contributed by atoms with E-state index in [-0.39, 0.29) is 5.41 Å². The first-order valence-corrected chi connectivity index (χ1v) is 19.3. The summed E-state index contributed by atoms with van der Waals surface area (Å²) in [7, 11) is 0. The van der Waals surface area contributed by atoms with Crippen molar-refractivity contribution in [3.63, 3.8) is 0 Å². The predicted molar refractivity (Wildman–Crippen MR) is 236 cm³/mol. The minimum atomic E-state index is -0.328. The molecule has 0 atom stereocenters. The molecule has 1 heteroatoms. The normalized spacial score (nSPS) is 13.5. The van der Waals surface area contributed by atoms with E-state index in [9.17, 15) is 0 Å². The van der Waals surface area contributed by atoms with E-state index in [4.69, 9.17) is 4.99 Å². The van der Waals surface area contributed by atoms with E-state index in [0.717, 1.165) is 39.2 Å². The van der Waals surface area contributed by atoms with Gasteiger partial charge in [0.05, 0.1) is 11.1 Å². The minimum Gasteiger partial charge on any atom is -0.252 e. The van der Waals surface area contributed by atoms with E-state index in [2.05, 4.69) is 196 Å². The molecule has 0 fully saturated rings. The summed E-state index contributed by atoms with van der Waals surface area (Å²) in [5, 5.41) is 0. The lowest BCUT2D eigenvalue weighted by Gasteiger charge is -2.30. The maximum atomic E-state index is 5.15. The molecule has 8 aromatic carbocycles. The van der Waals surface area contributed by atoms with Crippen molar-refractivity contribution in [1.29, 1.82) is 0 Å². The highest BCUT2D eigenvalue weighted by Crippen LogP contribution is 2.62. The van der Waals surface area contributed by atoms with Crippen LogP contribution in [0.2, 0.25) is 0 Å². The zero-order chi connectivity index (χ0) is 37.6. The Bertz CT molecular complexity index is 2810. The molecule has 8 aromatic rings. The smallest absolute Gasteiger partial charge is 0.0725 e. The molecule has 0 aliphatic heterocycles. The third-order valence-electron chi connectivity index (χ3n) is 11.6. The summed E-state index contributed by atoms with van der Waals surface area (Å²) < 4.78 is 0. The third-order valence-corrected chi connectivity index (χ3v) is 11.6.